The standard InChI is InChI=1S/C9H13O2SSi/c1-7-4-5-8(12)9(6-7)13(10-2)11-3/h4-6,12H,1-3H3. The first-order valence-electron chi connectivity index (χ1n) is 3.94. The molecule has 1 aromatic carbocycles. The second-order valence-electron chi connectivity index (χ2n) is 2.72. The Morgan fingerprint density at radius 3 is 2.38 bits per heavy atom. The molecule has 0 saturated carbocycles. The van der Waals surface area contributed by atoms with Crippen molar-refractivity contribution in [1.82, 2.24) is 0 Å². The van der Waals surface area contributed by atoms with E-state index in [0.717, 1.165) is 10.1 Å². The Hall–Kier alpha value is -0.293. The fourth-order valence-electron chi connectivity index (χ4n) is 1.12. The third-order valence-electron chi connectivity index (χ3n) is 1.74. The molecule has 0 fully saturated rings. The van der Waals surface area contributed by atoms with E-state index in [1.54, 1.807) is 14.2 Å². The van der Waals surface area contributed by atoms with Crippen molar-refractivity contribution in [2.75, 3.05) is 14.2 Å². The molecule has 0 unspecified atom stereocenters. The third kappa shape index (κ3) is 2.57. The summed E-state index contributed by atoms with van der Waals surface area (Å²) in [6.45, 7) is 2.04. The van der Waals surface area contributed by atoms with Crippen molar-refractivity contribution in [2.24, 2.45) is 0 Å². The van der Waals surface area contributed by atoms with Gasteiger partial charge in [0.25, 0.3) is 0 Å². The normalized spacial score (nSPS) is 10.8. The van der Waals surface area contributed by atoms with Crippen molar-refractivity contribution in [3.05, 3.63) is 23.8 Å². The van der Waals surface area contributed by atoms with E-state index in [9.17, 15) is 0 Å². The van der Waals surface area contributed by atoms with Crippen LogP contribution in [0.25, 0.3) is 0 Å². The van der Waals surface area contributed by atoms with E-state index in [2.05, 4.69) is 18.7 Å². The van der Waals surface area contributed by atoms with Gasteiger partial charge in [-0.2, -0.15) is 0 Å². The Morgan fingerprint density at radius 2 is 1.85 bits per heavy atom. The van der Waals surface area contributed by atoms with Gasteiger partial charge in [0.1, 0.15) is 0 Å². The van der Waals surface area contributed by atoms with Gasteiger partial charge in [-0.05, 0) is 13.0 Å². The van der Waals surface area contributed by atoms with Crippen molar-refractivity contribution >= 4 is 27.1 Å². The second-order valence-corrected chi connectivity index (χ2v) is 5.13. The molecule has 2 nitrogen and oxygen atoms in total. The summed E-state index contributed by atoms with van der Waals surface area (Å²) < 4.78 is 10.5. The van der Waals surface area contributed by atoms with Crippen LogP contribution in [-0.4, -0.2) is 23.5 Å². The lowest BCUT2D eigenvalue weighted by atomic mass is 10.2. The topological polar surface area (TPSA) is 18.5 Å². The highest BCUT2D eigenvalue weighted by molar-refractivity contribution is 7.80. The Bertz CT molecular complexity index is 287. The van der Waals surface area contributed by atoms with E-state index in [1.807, 2.05) is 19.1 Å². The first kappa shape index (κ1) is 10.8. The fourth-order valence-corrected chi connectivity index (χ4v) is 2.77. The average Bonchev–Trinajstić information content (AvgIpc) is 2.13. The Balaban J connectivity index is 3.03. The van der Waals surface area contributed by atoms with Crippen molar-refractivity contribution in [3.8, 4) is 0 Å². The molecule has 0 aliphatic rings. The van der Waals surface area contributed by atoms with Gasteiger partial charge in [-0.3, -0.25) is 0 Å². The molecule has 0 heterocycles. The van der Waals surface area contributed by atoms with Crippen LogP contribution in [0.4, 0.5) is 0 Å². The van der Waals surface area contributed by atoms with Gasteiger partial charge in [-0.15, -0.1) is 12.6 Å². The molecule has 0 amide bonds. The van der Waals surface area contributed by atoms with Crippen molar-refractivity contribution in [2.45, 2.75) is 11.8 Å². The predicted molar refractivity (Wildman–Crippen MR) is 57.8 cm³/mol. The minimum atomic E-state index is -1.33. The third-order valence-corrected chi connectivity index (χ3v) is 3.94. The molecular weight excluding hydrogens is 200 g/mol. The highest BCUT2D eigenvalue weighted by Gasteiger charge is 2.18. The SMILES string of the molecule is CO[Si](OC)c1cc(C)ccc1S. The smallest absolute Gasteiger partial charge is 0.393 e. The van der Waals surface area contributed by atoms with E-state index in [-0.39, 0.29) is 0 Å². The molecule has 71 valence electrons. The van der Waals surface area contributed by atoms with Gasteiger partial charge >= 0.3 is 9.28 Å². The van der Waals surface area contributed by atoms with Crippen molar-refractivity contribution < 1.29 is 8.85 Å². The summed E-state index contributed by atoms with van der Waals surface area (Å²) in [6.07, 6.45) is 0. The molecule has 0 N–H and O–H groups in total. The summed E-state index contributed by atoms with van der Waals surface area (Å²) in [7, 11) is 1.99. The number of hydrogen-bond donors (Lipinski definition) is 1. The van der Waals surface area contributed by atoms with Crippen LogP contribution < -0.4 is 5.19 Å². The van der Waals surface area contributed by atoms with Crippen LogP contribution in [0, 0.1) is 6.92 Å². The average molecular weight is 213 g/mol. The van der Waals surface area contributed by atoms with E-state index in [1.165, 1.54) is 5.56 Å². The minimum absolute atomic E-state index is 0.934. The summed E-state index contributed by atoms with van der Waals surface area (Å²) in [5.41, 5.74) is 1.20. The maximum atomic E-state index is 5.25. The Kier molecular flexibility index (Phi) is 3.99. The van der Waals surface area contributed by atoms with Crippen LogP contribution in [-0.2, 0) is 8.85 Å². The molecule has 1 radical (unpaired) electrons. The molecule has 0 saturated heterocycles. The lowest BCUT2D eigenvalue weighted by Gasteiger charge is -2.12. The largest absolute Gasteiger partial charge is 0.424 e. The number of hydrogen-bond acceptors (Lipinski definition) is 3. The monoisotopic (exact) mass is 213 g/mol. The Morgan fingerprint density at radius 1 is 1.23 bits per heavy atom. The zero-order valence-corrected chi connectivity index (χ0v) is 9.89. The molecule has 0 aliphatic carbocycles. The maximum absolute atomic E-state index is 5.25. The van der Waals surface area contributed by atoms with Crippen LogP contribution in [0.2, 0.25) is 0 Å². The summed E-state index contributed by atoms with van der Waals surface area (Å²) in [4.78, 5) is 0.934. The highest BCUT2D eigenvalue weighted by Crippen LogP contribution is 2.06. The highest BCUT2D eigenvalue weighted by atomic mass is 32.1. The van der Waals surface area contributed by atoms with Gasteiger partial charge in [0.2, 0.25) is 0 Å². The van der Waals surface area contributed by atoms with Gasteiger partial charge < -0.3 is 8.85 Å². The summed E-state index contributed by atoms with van der Waals surface area (Å²) in [5, 5.41) is 1.07. The van der Waals surface area contributed by atoms with E-state index < -0.39 is 9.28 Å². The lowest BCUT2D eigenvalue weighted by Crippen LogP contribution is -2.36. The molecular formula is C9H13O2SSi. The zero-order valence-electron chi connectivity index (χ0n) is 8.00. The van der Waals surface area contributed by atoms with Crippen molar-refractivity contribution in [3.63, 3.8) is 0 Å². The van der Waals surface area contributed by atoms with Crippen LogP contribution in [0.1, 0.15) is 5.56 Å². The van der Waals surface area contributed by atoms with Crippen LogP contribution in [0.3, 0.4) is 0 Å². The molecule has 1 aromatic rings. The molecule has 4 heteroatoms. The molecule has 0 spiro atoms. The van der Waals surface area contributed by atoms with Crippen LogP contribution in [0.15, 0.2) is 23.1 Å². The summed E-state index contributed by atoms with van der Waals surface area (Å²) in [5.74, 6) is 0. The number of thiol groups is 1. The Labute approximate surface area is 86.1 Å². The van der Waals surface area contributed by atoms with E-state index >= 15 is 0 Å². The quantitative estimate of drug-likeness (QED) is 0.602. The van der Waals surface area contributed by atoms with Gasteiger partial charge in [0.15, 0.2) is 0 Å². The van der Waals surface area contributed by atoms with Gasteiger partial charge in [0, 0.05) is 24.3 Å². The summed E-state index contributed by atoms with van der Waals surface area (Å²) >= 11 is 4.36. The van der Waals surface area contributed by atoms with Gasteiger partial charge in [-0.25, -0.2) is 0 Å². The van der Waals surface area contributed by atoms with Crippen LogP contribution >= 0.6 is 12.6 Å². The first-order chi connectivity index (χ1) is 6.19. The maximum Gasteiger partial charge on any atom is 0.424 e. The van der Waals surface area contributed by atoms with Crippen molar-refractivity contribution in [1.29, 1.82) is 0 Å². The van der Waals surface area contributed by atoms with Gasteiger partial charge in [-0.1, -0.05) is 17.7 Å². The molecule has 0 aliphatic heterocycles. The zero-order chi connectivity index (χ0) is 9.84. The number of benzene rings is 1. The molecule has 1 rings (SSSR count). The summed E-state index contributed by atoms with van der Waals surface area (Å²) in [6, 6.07) is 6.05. The molecule has 0 atom stereocenters. The first-order valence-corrected chi connectivity index (χ1v) is 5.70. The fraction of sp³-hybridized carbons (Fsp3) is 0.333. The lowest BCUT2D eigenvalue weighted by molar-refractivity contribution is 0.291. The number of rotatable bonds is 3. The molecule has 13 heavy (non-hydrogen) atoms. The van der Waals surface area contributed by atoms with Crippen LogP contribution in [0.5, 0.6) is 0 Å². The van der Waals surface area contributed by atoms with E-state index in [0.29, 0.717) is 0 Å². The minimum Gasteiger partial charge on any atom is -0.393 e. The molecule has 0 aromatic heterocycles. The van der Waals surface area contributed by atoms with Gasteiger partial charge in [0.05, 0.1) is 0 Å². The second kappa shape index (κ2) is 4.81. The van der Waals surface area contributed by atoms with E-state index in [4.69, 9.17) is 8.85 Å². The number of aryl methyl sites for hydroxylation is 1. The predicted octanol–water partition coefficient (Wildman–Crippen LogP) is 1.27. The molecule has 0 bridgehead atoms.